The van der Waals surface area contributed by atoms with Gasteiger partial charge in [0.15, 0.2) is 0 Å². The van der Waals surface area contributed by atoms with Gasteiger partial charge in [-0.15, -0.1) is 0 Å². The zero-order valence-electron chi connectivity index (χ0n) is 24.0. The van der Waals surface area contributed by atoms with E-state index < -0.39 is 12.1 Å². The fourth-order valence-corrected chi connectivity index (χ4v) is 5.23. The molecule has 1 aliphatic heterocycles. The Labute approximate surface area is 251 Å². The number of nitrogens with one attached hydrogen (secondary N) is 2. The molecule has 14 heteroatoms. The summed E-state index contributed by atoms with van der Waals surface area (Å²) in [4.78, 5) is 50.8. The molecule has 3 N–H and O–H groups in total. The summed E-state index contributed by atoms with van der Waals surface area (Å²) < 4.78 is 33.6. The van der Waals surface area contributed by atoms with Gasteiger partial charge in [-0.25, -0.2) is 14.8 Å². The number of piperidine rings is 1. The molecule has 0 spiro atoms. The number of likely N-dealkylation sites (tertiary alicyclic amines) is 1. The molecule has 1 fully saturated rings. The van der Waals surface area contributed by atoms with Crippen molar-refractivity contribution in [2.75, 3.05) is 18.4 Å². The average molecular weight is 612 g/mol. The number of carbonyl (C=O) groups is 3. The van der Waals surface area contributed by atoms with E-state index in [4.69, 9.17) is 16.5 Å². The molecule has 0 radical (unpaired) electrons. The summed E-state index contributed by atoms with van der Waals surface area (Å²) in [5.74, 6) is -2.27. The molecule has 11 nitrogen and oxygen atoms in total. The lowest BCUT2D eigenvalue weighted by Crippen LogP contribution is -2.38. The van der Waals surface area contributed by atoms with Crippen LogP contribution in [0.1, 0.15) is 71.9 Å². The monoisotopic (exact) mass is 611 g/mol. The number of aromatic amines is 1. The normalized spacial score (nSPS) is 15.4. The molecule has 0 bridgehead atoms. The number of allylic oxidation sites excluding steroid dienone is 2. The molecule has 5 rings (SSSR count). The first-order valence-corrected chi connectivity index (χ1v) is 14.1. The molecule has 232 valence electrons. The van der Waals surface area contributed by atoms with Crippen LogP contribution >= 0.6 is 0 Å². The summed E-state index contributed by atoms with van der Waals surface area (Å²) in [6.45, 7) is 8.55. The van der Waals surface area contributed by atoms with Crippen LogP contribution < -0.4 is 5.32 Å². The third-order valence-electron chi connectivity index (χ3n) is 7.48. The van der Waals surface area contributed by atoms with Gasteiger partial charge >= 0.3 is 18.1 Å². The highest BCUT2D eigenvalue weighted by Gasteiger charge is 2.38. The summed E-state index contributed by atoms with van der Waals surface area (Å²) >= 11 is 0. The molecule has 1 aliphatic carbocycles. The molecular weight excluding hydrogens is 579 g/mol. The van der Waals surface area contributed by atoms with Gasteiger partial charge in [-0.05, 0) is 67.7 Å². The predicted molar refractivity (Wildman–Crippen MR) is 155 cm³/mol. The first-order valence-electron chi connectivity index (χ1n) is 14.1. The molecular formula is C30H32F3N7O4. The van der Waals surface area contributed by atoms with Gasteiger partial charge in [0, 0.05) is 37.6 Å². The average Bonchev–Trinajstić information content (AvgIpc) is 3.66. The Kier molecular flexibility index (Phi) is 10.2. The molecule has 3 heterocycles. The lowest BCUT2D eigenvalue weighted by Gasteiger charge is -2.32. The van der Waals surface area contributed by atoms with E-state index in [1.165, 1.54) is 23.8 Å². The zero-order chi connectivity index (χ0) is 31.9. The molecule has 0 unspecified atom stereocenters. The number of carboxylic acids is 1. The smallest absolute Gasteiger partial charge is 0.475 e. The van der Waals surface area contributed by atoms with Crippen molar-refractivity contribution in [3.8, 4) is 0 Å². The molecule has 0 saturated carbocycles. The number of hydrogen-bond donors (Lipinski definition) is 3. The van der Waals surface area contributed by atoms with E-state index in [0.717, 1.165) is 62.1 Å². The van der Waals surface area contributed by atoms with E-state index >= 15 is 0 Å². The van der Waals surface area contributed by atoms with Gasteiger partial charge in [-0.1, -0.05) is 18.7 Å². The molecule has 2 amide bonds. The van der Waals surface area contributed by atoms with E-state index in [2.05, 4.69) is 43.3 Å². The first-order chi connectivity index (χ1) is 20.9. The zero-order valence-corrected chi connectivity index (χ0v) is 24.0. The number of halogens is 3. The van der Waals surface area contributed by atoms with Gasteiger partial charge in [0.25, 0.3) is 5.82 Å². The summed E-state index contributed by atoms with van der Waals surface area (Å²) in [6, 6.07) is 6.29. The minimum atomic E-state index is -5.08. The Balaban J connectivity index is 0.000000566. The maximum Gasteiger partial charge on any atom is 0.490 e. The fourth-order valence-electron chi connectivity index (χ4n) is 5.23. The Bertz CT molecular complexity index is 1580. The number of amides is 2. The Hall–Kier alpha value is -4.93. The topological polar surface area (TPSA) is 138 Å². The highest BCUT2D eigenvalue weighted by Crippen LogP contribution is 2.36. The minimum absolute atomic E-state index is 0.126. The number of hydrogen-bond acceptors (Lipinski definition) is 5. The van der Waals surface area contributed by atoms with Gasteiger partial charge in [0.2, 0.25) is 11.7 Å². The van der Waals surface area contributed by atoms with Crippen molar-refractivity contribution >= 4 is 34.9 Å². The largest absolute Gasteiger partial charge is 0.490 e. The number of aromatic nitrogens is 4. The number of aliphatic carboxylic acids is 1. The third kappa shape index (κ3) is 8.33. The van der Waals surface area contributed by atoms with Gasteiger partial charge in [-0.3, -0.25) is 14.6 Å². The highest BCUT2D eigenvalue weighted by atomic mass is 19.4. The molecule has 44 heavy (non-hydrogen) atoms. The van der Waals surface area contributed by atoms with Gasteiger partial charge in [-0.2, -0.15) is 13.2 Å². The number of benzene rings is 1. The first kappa shape index (κ1) is 32.0. The summed E-state index contributed by atoms with van der Waals surface area (Å²) in [5.41, 5.74) is 5.11. The van der Waals surface area contributed by atoms with E-state index in [9.17, 15) is 22.8 Å². The van der Waals surface area contributed by atoms with Crippen molar-refractivity contribution in [3.63, 3.8) is 0 Å². The van der Waals surface area contributed by atoms with Gasteiger partial charge in [0.1, 0.15) is 0 Å². The van der Waals surface area contributed by atoms with Crippen LogP contribution in [0.25, 0.3) is 10.4 Å². The number of alkyl halides is 3. The molecule has 1 saturated heterocycles. The number of rotatable bonds is 6. The van der Waals surface area contributed by atoms with Crippen molar-refractivity contribution in [2.24, 2.45) is 7.05 Å². The van der Waals surface area contributed by atoms with Crippen LogP contribution in [0, 0.1) is 6.57 Å². The number of imidazole rings is 2. The number of anilines is 1. The summed E-state index contributed by atoms with van der Waals surface area (Å²) in [6.07, 6.45) is 8.66. The Morgan fingerprint density at radius 2 is 1.91 bits per heavy atom. The van der Waals surface area contributed by atoms with Crippen molar-refractivity contribution in [2.45, 2.75) is 57.0 Å². The van der Waals surface area contributed by atoms with Crippen molar-refractivity contribution in [1.82, 2.24) is 24.4 Å². The van der Waals surface area contributed by atoms with Crippen molar-refractivity contribution in [1.29, 1.82) is 0 Å². The van der Waals surface area contributed by atoms with Crippen LogP contribution in [0.2, 0.25) is 0 Å². The number of H-pyrrole nitrogens is 1. The second kappa shape index (κ2) is 14.0. The third-order valence-corrected chi connectivity index (χ3v) is 7.48. The second-order valence-corrected chi connectivity index (χ2v) is 10.6. The Morgan fingerprint density at radius 1 is 1.18 bits per heavy atom. The van der Waals surface area contributed by atoms with Gasteiger partial charge < -0.3 is 24.7 Å². The number of carbonyl (C=O) groups excluding carboxylic acids is 2. The summed E-state index contributed by atoms with van der Waals surface area (Å²) in [7, 11) is 1.91. The molecule has 0 atom stereocenters. The molecule has 1 aromatic carbocycles. The van der Waals surface area contributed by atoms with Crippen LogP contribution in [0.4, 0.5) is 24.7 Å². The second-order valence-electron chi connectivity index (χ2n) is 10.6. The number of nitrogens with zero attached hydrogens (tertiary/aromatic N) is 5. The SMILES string of the molecule is O=C(O)C(F)(F)F.[C-]#[N+]c1cnc(C(=O)Nc2ccc(C3CCN(C(=O)Cc4cn(C)cn4)CC3)cc2C2=CCCCC2)[nH]1. The minimum Gasteiger partial charge on any atom is -0.475 e. The van der Waals surface area contributed by atoms with E-state index in [1.807, 2.05) is 28.8 Å². The van der Waals surface area contributed by atoms with Crippen molar-refractivity contribution in [3.05, 3.63) is 77.1 Å². The van der Waals surface area contributed by atoms with Crippen LogP contribution in [-0.4, -0.2) is 66.6 Å². The van der Waals surface area contributed by atoms with Crippen LogP contribution in [0.3, 0.4) is 0 Å². The maximum absolute atomic E-state index is 12.8. The molecule has 2 aliphatic rings. The quantitative estimate of drug-likeness (QED) is 0.316. The Morgan fingerprint density at radius 3 is 2.48 bits per heavy atom. The van der Waals surface area contributed by atoms with Gasteiger partial charge in [0.05, 0.1) is 24.6 Å². The lowest BCUT2D eigenvalue weighted by molar-refractivity contribution is -0.192. The molecule has 3 aromatic rings. The van der Waals surface area contributed by atoms with Crippen LogP contribution in [0.15, 0.2) is 43.0 Å². The van der Waals surface area contributed by atoms with E-state index in [-0.39, 0.29) is 23.5 Å². The summed E-state index contributed by atoms with van der Waals surface area (Å²) in [5, 5.41) is 10.1. The lowest BCUT2D eigenvalue weighted by atomic mass is 9.85. The predicted octanol–water partition coefficient (Wildman–Crippen LogP) is 5.49. The number of aryl methyl sites for hydroxylation is 1. The fraction of sp³-hybridized carbons (Fsp3) is 0.400. The van der Waals surface area contributed by atoms with Crippen molar-refractivity contribution < 1.29 is 32.7 Å². The standard InChI is InChI=1S/C28H31N7O2.C2HF3O2/c1-29-25-16-30-27(33-25)28(37)32-24-9-8-21(14-23(24)20-6-4-3-5-7-20)19-10-12-35(13-11-19)26(36)15-22-17-34(2)18-31-22;3-2(4,5)1(6)7/h6,8-9,14,16-19H,3-5,7,10-13,15H2,2H3,(H,30,33)(H,32,37);(H,6,7). The van der Waals surface area contributed by atoms with E-state index in [0.29, 0.717) is 12.3 Å². The van der Waals surface area contributed by atoms with Crippen LogP contribution in [0.5, 0.6) is 0 Å². The number of carboxylic acid groups (broad SMARTS) is 1. The molecule has 2 aromatic heterocycles. The maximum atomic E-state index is 12.8. The van der Waals surface area contributed by atoms with E-state index in [1.54, 1.807) is 6.33 Å². The van der Waals surface area contributed by atoms with Crippen LogP contribution in [-0.2, 0) is 23.1 Å². The highest BCUT2D eigenvalue weighted by molar-refractivity contribution is 6.03.